The summed E-state index contributed by atoms with van der Waals surface area (Å²) in [5, 5.41) is 0. The zero-order chi connectivity index (χ0) is 23.0. The molecule has 2 rings (SSSR count). The van der Waals surface area contributed by atoms with E-state index in [1.807, 2.05) is 0 Å². The highest BCUT2D eigenvalue weighted by molar-refractivity contribution is 5.70. The molecule has 2 aromatic rings. The fraction of sp³-hybridized carbons (Fsp3) is 0.348. The minimum atomic E-state index is -0.711. The van der Waals surface area contributed by atoms with Gasteiger partial charge < -0.3 is 23.7 Å². The third kappa shape index (κ3) is 7.33. The minimum absolute atomic E-state index is 0.0501. The first kappa shape index (κ1) is 23.7. The maximum atomic E-state index is 11.6. The lowest BCUT2D eigenvalue weighted by Gasteiger charge is -2.20. The first-order valence-electron chi connectivity index (χ1n) is 9.63. The van der Waals surface area contributed by atoms with E-state index in [9.17, 15) is 14.4 Å². The van der Waals surface area contributed by atoms with E-state index in [0.29, 0.717) is 17.1 Å². The van der Waals surface area contributed by atoms with E-state index in [-0.39, 0.29) is 24.4 Å². The maximum absolute atomic E-state index is 11.6. The van der Waals surface area contributed by atoms with Crippen molar-refractivity contribution in [2.24, 2.45) is 0 Å². The molecule has 2 aromatic carbocycles. The van der Waals surface area contributed by atoms with Gasteiger partial charge in [-0.2, -0.15) is 0 Å². The lowest BCUT2D eigenvalue weighted by Crippen LogP contribution is -2.17. The Morgan fingerprint density at radius 1 is 0.806 bits per heavy atom. The average molecular weight is 430 g/mol. The standard InChI is InChI=1S/C23H26O8/c1-14(29-15(2)24)18-6-9-20(10-7-18)28-13-23(31-17(4)26)19-8-11-21(30-16(3)25)22(12-19)27-5/h6-12,14,23H,13H2,1-5H3. The minimum Gasteiger partial charge on any atom is -0.493 e. The van der Waals surface area contributed by atoms with E-state index in [2.05, 4.69) is 0 Å². The second-order valence-electron chi connectivity index (χ2n) is 6.73. The van der Waals surface area contributed by atoms with Gasteiger partial charge in [-0.15, -0.1) is 0 Å². The van der Waals surface area contributed by atoms with Crippen LogP contribution in [0.3, 0.4) is 0 Å². The van der Waals surface area contributed by atoms with Gasteiger partial charge in [-0.1, -0.05) is 18.2 Å². The zero-order valence-corrected chi connectivity index (χ0v) is 18.2. The van der Waals surface area contributed by atoms with E-state index in [1.54, 1.807) is 49.4 Å². The van der Waals surface area contributed by atoms with Crippen molar-refractivity contribution < 1.29 is 38.1 Å². The fourth-order valence-electron chi connectivity index (χ4n) is 2.85. The van der Waals surface area contributed by atoms with Crippen molar-refractivity contribution in [1.29, 1.82) is 0 Å². The summed E-state index contributed by atoms with van der Waals surface area (Å²) in [7, 11) is 1.45. The normalized spacial score (nSPS) is 12.3. The Morgan fingerprint density at radius 3 is 1.97 bits per heavy atom. The molecule has 0 aliphatic heterocycles. The van der Waals surface area contributed by atoms with Crippen molar-refractivity contribution in [3.8, 4) is 17.2 Å². The second-order valence-corrected chi connectivity index (χ2v) is 6.73. The summed E-state index contributed by atoms with van der Waals surface area (Å²) in [6.07, 6.45) is -1.08. The van der Waals surface area contributed by atoms with Gasteiger partial charge in [-0.05, 0) is 42.3 Å². The van der Waals surface area contributed by atoms with Crippen LogP contribution in [0.25, 0.3) is 0 Å². The monoisotopic (exact) mass is 430 g/mol. The van der Waals surface area contributed by atoms with Gasteiger partial charge in [0.25, 0.3) is 0 Å². The Hall–Kier alpha value is -3.55. The largest absolute Gasteiger partial charge is 0.493 e. The van der Waals surface area contributed by atoms with Gasteiger partial charge in [0.15, 0.2) is 17.6 Å². The number of carbonyl (C=O) groups excluding carboxylic acids is 3. The van der Waals surface area contributed by atoms with Gasteiger partial charge in [-0.25, -0.2) is 0 Å². The third-order valence-corrected chi connectivity index (χ3v) is 4.22. The molecule has 0 fully saturated rings. The second kappa shape index (κ2) is 11.0. The van der Waals surface area contributed by atoms with Crippen LogP contribution in [0.5, 0.6) is 17.2 Å². The van der Waals surface area contributed by atoms with Crippen LogP contribution in [0.1, 0.15) is 51.0 Å². The Kier molecular flexibility index (Phi) is 8.43. The van der Waals surface area contributed by atoms with Crippen LogP contribution >= 0.6 is 0 Å². The van der Waals surface area contributed by atoms with Crippen LogP contribution in [0.15, 0.2) is 42.5 Å². The average Bonchev–Trinajstić information content (AvgIpc) is 2.70. The quantitative estimate of drug-likeness (QED) is 0.436. The summed E-state index contributed by atoms with van der Waals surface area (Å²) < 4.78 is 26.7. The molecule has 8 heteroatoms. The number of esters is 3. The number of hydrogen-bond acceptors (Lipinski definition) is 8. The zero-order valence-electron chi connectivity index (χ0n) is 18.2. The van der Waals surface area contributed by atoms with Crippen molar-refractivity contribution in [1.82, 2.24) is 0 Å². The lowest BCUT2D eigenvalue weighted by molar-refractivity contribution is -0.148. The fourth-order valence-corrected chi connectivity index (χ4v) is 2.85. The van der Waals surface area contributed by atoms with Gasteiger partial charge in [0.1, 0.15) is 18.5 Å². The van der Waals surface area contributed by atoms with Crippen molar-refractivity contribution in [3.05, 3.63) is 53.6 Å². The first-order valence-corrected chi connectivity index (χ1v) is 9.63. The summed E-state index contributed by atoms with van der Waals surface area (Å²) >= 11 is 0. The van der Waals surface area contributed by atoms with Crippen LogP contribution < -0.4 is 14.2 Å². The number of methoxy groups -OCH3 is 1. The highest BCUT2D eigenvalue weighted by Gasteiger charge is 2.19. The molecule has 0 aromatic heterocycles. The summed E-state index contributed by atoms with van der Waals surface area (Å²) in [4.78, 5) is 33.9. The molecular weight excluding hydrogens is 404 g/mol. The van der Waals surface area contributed by atoms with Crippen LogP contribution in [0, 0.1) is 0 Å². The van der Waals surface area contributed by atoms with E-state index in [4.69, 9.17) is 23.7 Å². The molecule has 0 spiro atoms. The lowest BCUT2D eigenvalue weighted by atomic mass is 10.1. The van der Waals surface area contributed by atoms with Crippen molar-refractivity contribution in [2.75, 3.05) is 13.7 Å². The molecule has 0 bridgehead atoms. The van der Waals surface area contributed by atoms with Gasteiger partial charge in [0.2, 0.25) is 0 Å². The first-order chi connectivity index (χ1) is 14.7. The van der Waals surface area contributed by atoms with Gasteiger partial charge in [0.05, 0.1) is 7.11 Å². The predicted molar refractivity (Wildman–Crippen MR) is 111 cm³/mol. The van der Waals surface area contributed by atoms with Crippen LogP contribution in [-0.4, -0.2) is 31.6 Å². The van der Waals surface area contributed by atoms with E-state index in [0.717, 1.165) is 5.56 Å². The molecule has 8 nitrogen and oxygen atoms in total. The molecule has 166 valence electrons. The highest BCUT2D eigenvalue weighted by atomic mass is 16.6. The maximum Gasteiger partial charge on any atom is 0.308 e. The number of rotatable bonds is 9. The molecule has 31 heavy (non-hydrogen) atoms. The summed E-state index contributed by atoms with van der Waals surface area (Å²) in [6, 6.07) is 11.9. The molecule has 0 heterocycles. The summed E-state index contributed by atoms with van der Waals surface area (Å²) in [5.74, 6) is -0.154. The molecule has 2 atom stereocenters. The molecular formula is C23H26O8. The van der Waals surface area contributed by atoms with Gasteiger partial charge in [0, 0.05) is 20.8 Å². The van der Waals surface area contributed by atoms with Crippen LogP contribution in [0.2, 0.25) is 0 Å². The summed E-state index contributed by atoms with van der Waals surface area (Å²) in [6.45, 7) is 5.79. The number of ether oxygens (including phenoxy) is 5. The predicted octanol–water partition coefficient (Wildman–Crippen LogP) is 3.93. The molecule has 0 radical (unpaired) electrons. The smallest absolute Gasteiger partial charge is 0.308 e. The van der Waals surface area contributed by atoms with Crippen molar-refractivity contribution >= 4 is 17.9 Å². The van der Waals surface area contributed by atoms with Crippen molar-refractivity contribution in [3.63, 3.8) is 0 Å². The molecule has 2 unspecified atom stereocenters. The van der Waals surface area contributed by atoms with E-state index in [1.165, 1.54) is 27.9 Å². The van der Waals surface area contributed by atoms with Crippen LogP contribution in [-0.2, 0) is 23.9 Å². The van der Waals surface area contributed by atoms with Gasteiger partial charge >= 0.3 is 17.9 Å². The van der Waals surface area contributed by atoms with Crippen molar-refractivity contribution in [2.45, 2.75) is 39.9 Å². The highest BCUT2D eigenvalue weighted by Crippen LogP contribution is 2.32. The molecule has 0 aliphatic carbocycles. The molecule has 0 saturated heterocycles. The Labute approximate surface area is 181 Å². The number of hydrogen-bond donors (Lipinski definition) is 0. The Bertz CT molecular complexity index is 920. The Balaban J connectivity index is 2.14. The molecule has 0 N–H and O–H groups in total. The third-order valence-electron chi connectivity index (χ3n) is 4.22. The number of benzene rings is 2. The van der Waals surface area contributed by atoms with Crippen LogP contribution in [0.4, 0.5) is 0 Å². The van der Waals surface area contributed by atoms with E-state index < -0.39 is 18.0 Å². The molecule has 0 aliphatic rings. The van der Waals surface area contributed by atoms with Gasteiger partial charge in [-0.3, -0.25) is 14.4 Å². The number of carbonyl (C=O) groups is 3. The SMILES string of the molecule is COc1cc(C(COc2ccc(C(C)OC(C)=O)cc2)OC(C)=O)ccc1OC(C)=O. The Morgan fingerprint density at radius 2 is 1.42 bits per heavy atom. The molecule has 0 amide bonds. The molecule has 0 saturated carbocycles. The topological polar surface area (TPSA) is 97.4 Å². The van der Waals surface area contributed by atoms with E-state index >= 15 is 0 Å². The summed E-state index contributed by atoms with van der Waals surface area (Å²) in [5.41, 5.74) is 1.44.